The Labute approximate surface area is 155 Å². The van der Waals surface area contributed by atoms with Crippen molar-refractivity contribution in [1.82, 2.24) is 4.90 Å². The van der Waals surface area contributed by atoms with Gasteiger partial charge < -0.3 is 10.0 Å². The summed E-state index contributed by atoms with van der Waals surface area (Å²) in [6.07, 6.45) is 3.05. The van der Waals surface area contributed by atoms with Crippen LogP contribution in [0.2, 0.25) is 5.02 Å². The van der Waals surface area contributed by atoms with Crippen LogP contribution in [0, 0.1) is 5.82 Å². The topological polar surface area (TPSA) is 57.6 Å². The molecule has 0 radical (unpaired) electrons. The monoisotopic (exact) mass is 373 g/mol. The van der Waals surface area contributed by atoms with Gasteiger partial charge in [0.2, 0.25) is 0 Å². The lowest BCUT2D eigenvalue weighted by Crippen LogP contribution is -2.36. The first-order valence-electron chi connectivity index (χ1n) is 8.21. The zero-order chi connectivity index (χ0) is 18.7. The zero-order valence-electron chi connectivity index (χ0n) is 13.9. The van der Waals surface area contributed by atoms with Crippen molar-refractivity contribution >= 4 is 29.6 Å². The van der Waals surface area contributed by atoms with Gasteiger partial charge in [0.15, 0.2) is 0 Å². The average Bonchev–Trinajstić information content (AvgIpc) is 2.64. The molecule has 1 heterocycles. The molecule has 0 bridgehead atoms. The number of benzene rings is 2. The van der Waals surface area contributed by atoms with Gasteiger partial charge in [0.1, 0.15) is 5.82 Å². The van der Waals surface area contributed by atoms with Crippen molar-refractivity contribution in [1.29, 1.82) is 0 Å². The Hall–Kier alpha value is -2.66. The maximum atomic E-state index is 14.0. The summed E-state index contributed by atoms with van der Waals surface area (Å²) in [5, 5.41) is 9.47. The number of nitrogens with zero attached hydrogens (tertiary/aromatic N) is 1. The molecule has 3 rings (SSSR count). The van der Waals surface area contributed by atoms with Crippen molar-refractivity contribution in [2.45, 2.75) is 12.8 Å². The maximum absolute atomic E-state index is 14.0. The molecule has 134 valence electrons. The fraction of sp³-hybridized carbons (Fsp3) is 0.200. The molecule has 1 aliphatic heterocycles. The number of carbonyl (C=O) groups is 2. The molecular formula is C20H17ClFNO3. The van der Waals surface area contributed by atoms with Gasteiger partial charge >= 0.3 is 5.97 Å². The number of carbonyl (C=O) groups excluding carboxylic acids is 1. The summed E-state index contributed by atoms with van der Waals surface area (Å²) in [5.41, 5.74) is 1.92. The highest BCUT2D eigenvalue weighted by molar-refractivity contribution is 6.30. The average molecular weight is 374 g/mol. The van der Waals surface area contributed by atoms with Crippen molar-refractivity contribution in [3.05, 3.63) is 75.6 Å². The SMILES string of the molecule is O=C(O)c1ccc(C=C2CCN(C(=O)c3ccc(Cl)cc3)CC2)c(F)c1. The fourth-order valence-electron chi connectivity index (χ4n) is 2.91. The van der Waals surface area contributed by atoms with Crippen LogP contribution < -0.4 is 0 Å². The summed E-state index contributed by atoms with van der Waals surface area (Å²) in [6, 6.07) is 10.7. The van der Waals surface area contributed by atoms with Crippen molar-refractivity contribution in [3.63, 3.8) is 0 Å². The predicted molar refractivity (Wildman–Crippen MR) is 97.9 cm³/mol. The predicted octanol–water partition coefficient (Wildman–Crippen LogP) is 4.50. The van der Waals surface area contributed by atoms with Crippen LogP contribution in [0.25, 0.3) is 6.08 Å². The van der Waals surface area contributed by atoms with Crippen LogP contribution in [0.3, 0.4) is 0 Å². The molecule has 1 fully saturated rings. The third kappa shape index (κ3) is 4.11. The lowest BCUT2D eigenvalue weighted by Gasteiger charge is -2.28. The van der Waals surface area contributed by atoms with E-state index >= 15 is 0 Å². The first kappa shape index (κ1) is 18.1. The van der Waals surface area contributed by atoms with Gasteiger partial charge in [-0.25, -0.2) is 9.18 Å². The van der Waals surface area contributed by atoms with E-state index in [1.54, 1.807) is 35.2 Å². The van der Waals surface area contributed by atoms with Gasteiger partial charge in [0.25, 0.3) is 5.91 Å². The summed E-state index contributed by atoms with van der Waals surface area (Å²) < 4.78 is 14.0. The van der Waals surface area contributed by atoms with E-state index in [-0.39, 0.29) is 11.5 Å². The summed E-state index contributed by atoms with van der Waals surface area (Å²) in [5.74, 6) is -1.76. The molecular weight excluding hydrogens is 357 g/mol. The Morgan fingerprint density at radius 1 is 1.04 bits per heavy atom. The quantitative estimate of drug-likeness (QED) is 0.861. The highest BCUT2D eigenvalue weighted by atomic mass is 35.5. The van der Waals surface area contributed by atoms with Gasteiger partial charge in [-0.2, -0.15) is 0 Å². The van der Waals surface area contributed by atoms with Crippen LogP contribution in [-0.4, -0.2) is 35.0 Å². The number of aromatic carboxylic acids is 1. The Balaban J connectivity index is 1.66. The van der Waals surface area contributed by atoms with Gasteiger partial charge in [0.05, 0.1) is 5.56 Å². The number of carboxylic acids is 1. The first-order chi connectivity index (χ1) is 12.4. The number of amides is 1. The van der Waals surface area contributed by atoms with E-state index in [9.17, 15) is 14.0 Å². The van der Waals surface area contributed by atoms with Gasteiger partial charge in [-0.3, -0.25) is 4.79 Å². The number of piperidine rings is 1. The number of halogens is 2. The van der Waals surface area contributed by atoms with E-state index in [0.717, 1.165) is 11.6 Å². The van der Waals surface area contributed by atoms with Gasteiger partial charge in [-0.05, 0) is 49.2 Å². The van der Waals surface area contributed by atoms with Crippen LogP contribution in [-0.2, 0) is 0 Å². The summed E-state index contributed by atoms with van der Waals surface area (Å²) >= 11 is 5.84. The molecule has 1 N–H and O–H groups in total. The molecule has 0 atom stereocenters. The van der Waals surface area contributed by atoms with Crippen LogP contribution in [0.4, 0.5) is 4.39 Å². The van der Waals surface area contributed by atoms with Crippen LogP contribution in [0.15, 0.2) is 48.0 Å². The van der Waals surface area contributed by atoms with Crippen LogP contribution in [0.5, 0.6) is 0 Å². The van der Waals surface area contributed by atoms with Crippen molar-refractivity contribution < 1.29 is 19.1 Å². The highest BCUT2D eigenvalue weighted by Gasteiger charge is 2.20. The van der Waals surface area contributed by atoms with Gasteiger partial charge in [-0.15, -0.1) is 0 Å². The van der Waals surface area contributed by atoms with Crippen LogP contribution >= 0.6 is 11.6 Å². The van der Waals surface area contributed by atoms with Gasteiger partial charge in [0, 0.05) is 29.2 Å². The standard InChI is InChI=1S/C20H17ClFNO3/c21-17-5-3-14(4-6-17)19(24)23-9-7-13(8-10-23)11-15-1-2-16(20(25)26)12-18(15)22/h1-6,11-12H,7-10H2,(H,25,26). The number of hydrogen-bond donors (Lipinski definition) is 1. The smallest absolute Gasteiger partial charge is 0.335 e. The molecule has 4 nitrogen and oxygen atoms in total. The zero-order valence-corrected chi connectivity index (χ0v) is 14.7. The van der Waals surface area contributed by atoms with Crippen molar-refractivity contribution in [3.8, 4) is 0 Å². The van der Waals surface area contributed by atoms with E-state index in [4.69, 9.17) is 16.7 Å². The van der Waals surface area contributed by atoms with E-state index in [0.29, 0.717) is 42.1 Å². The highest BCUT2D eigenvalue weighted by Crippen LogP contribution is 2.23. The maximum Gasteiger partial charge on any atom is 0.335 e. The second-order valence-corrected chi connectivity index (χ2v) is 6.58. The van der Waals surface area contributed by atoms with Crippen LogP contribution in [0.1, 0.15) is 39.1 Å². The Kier molecular flexibility index (Phi) is 5.38. The lowest BCUT2D eigenvalue weighted by atomic mass is 9.99. The number of likely N-dealkylation sites (tertiary alicyclic amines) is 1. The molecule has 1 amide bonds. The lowest BCUT2D eigenvalue weighted by molar-refractivity contribution is 0.0694. The van der Waals surface area contributed by atoms with E-state index < -0.39 is 11.8 Å². The summed E-state index contributed by atoms with van der Waals surface area (Å²) in [4.78, 5) is 25.1. The Bertz CT molecular complexity index is 867. The third-order valence-electron chi connectivity index (χ3n) is 4.39. The fourth-order valence-corrected chi connectivity index (χ4v) is 3.04. The molecule has 0 spiro atoms. The molecule has 26 heavy (non-hydrogen) atoms. The number of carboxylic acid groups (broad SMARTS) is 1. The van der Waals surface area contributed by atoms with E-state index in [2.05, 4.69) is 0 Å². The Morgan fingerprint density at radius 2 is 1.65 bits per heavy atom. The second kappa shape index (κ2) is 7.70. The minimum atomic E-state index is -1.16. The first-order valence-corrected chi connectivity index (χ1v) is 8.59. The van der Waals surface area contributed by atoms with Crippen molar-refractivity contribution in [2.24, 2.45) is 0 Å². The van der Waals surface area contributed by atoms with Crippen molar-refractivity contribution in [2.75, 3.05) is 13.1 Å². The molecule has 0 unspecified atom stereocenters. The van der Waals surface area contributed by atoms with E-state index in [1.165, 1.54) is 12.1 Å². The minimum absolute atomic E-state index is 0.0438. The van der Waals surface area contributed by atoms with Gasteiger partial charge in [-0.1, -0.05) is 29.3 Å². The third-order valence-corrected chi connectivity index (χ3v) is 4.64. The Morgan fingerprint density at radius 3 is 2.23 bits per heavy atom. The molecule has 0 aromatic heterocycles. The molecule has 2 aromatic carbocycles. The molecule has 0 aliphatic carbocycles. The molecule has 1 aliphatic rings. The molecule has 1 saturated heterocycles. The number of hydrogen-bond acceptors (Lipinski definition) is 2. The molecule has 6 heteroatoms. The molecule has 0 saturated carbocycles. The second-order valence-electron chi connectivity index (χ2n) is 6.14. The summed E-state index contributed by atoms with van der Waals surface area (Å²) in [7, 11) is 0. The largest absolute Gasteiger partial charge is 0.478 e. The number of rotatable bonds is 3. The normalized spacial score (nSPS) is 14.2. The minimum Gasteiger partial charge on any atom is -0.478 e. The molecule has 2 aromatic rings. The van der Waals surface area contributed by atoms with E-state index in [1.807, 2.05) is 0 Å². The summed E-state index contributed by atoms with van der Waals surface area (Å²) in [6.45, 7) is 1.12.